The van der Waals surface area contributed by atoms with Gasteiger partial charge in [-0.3, -0.25) is 4.79 Å². The molecule has 152 valence electrons. The van der Waals surface area contributed by atoms with Crippen LogP contribution in [0, 0.1) is 5.92 Å². The van der Waals surface area contributed by atoms with Crippen LogP contribution in [0.4, 0.5) is 5.13 Å². The highest BCUT2D eigenvalue weighted by molar-refractivity contribution is 7.15. The number of carbonyl (C=O) groups is 1. The third-order valence-electron chi connectivity index (χ3n) is 5.95. The Hall–Kier alpha value is -2.38. The molecule has 0 aliphatic carbocycles. The number of rotatable bonds is 5. The number of hydrogen-bond acceptors (Lipinski definition) is 5. The van der Waals surface area contributed by atoms with Crippen LogP contribution in [-0.2, 0) is 24.1 Å². The molecule has 0 radical (unpaired) electrons. The van der Waals surface area contributed by atoms with Crippen LogP contribution < -0.4 is 5.32 Å². The van der Waals surface area contributed by atoms with Gasteiger partial charge in [0.05, 0.1) is 18.8 Å². The predicted octanol–water partition coefficient (Wildman–Crippen LogP) is 3.83. The average Bonchev–Trinajstić information content (AvgIpc) is 3.49. The second-order valence-corrected chi connectivity index (χ2v) is 8.97. The fourth-order valence-corrected chi connectivity index (χ4v) is 5.26. The monoisotopic (exact) mass is 410 g/mol. The van der Waals surface area contributed by atoms with Crippen molar-refractivity contribution in [3.63, 3.8) is 0 Å². The van der Waals surface area contributed by atoms with Gasteiger partial charge in [0.1, 0.15) is 5.69 Å². The largest absolute Gasteiger partial charge is 0.381 e. The zero-order valence-electron chi connectivity index (χ0n) is 16.7. The Morgan fingerprint density at radius 1 is 1.45 bits per heavy atom. The number of nitrogens with zero attached hydrogens (tertiary/aromatic N) is 2. The Morgan fingerprint density at radius 2 is 2.38 bits per heavy atom. The fraction of sp³-hybridized carbons (Fsp3) is 0.455. The molecule has 2 aliphatic rings. The molecular formula is C22H26N4O2S. The van der Waals surface area contributed by atoms with Crippen LogP contribution in [0.15, 0.2) is 24.3 Å². The SMILES string of the molecule is CCc1cccc2[nH]c(C(=O)N3CCc4nc(NCC5CCOC5)sc4C3)cc12. The van der Waals surface area contributed by atoms with Crippen molar-refractivity contribution in [2.45, 2.75) is 32.7 Å². The van der Waals surface area contributed by atoms with Gasteiger partial charge in [-0.2, -0.15) is 0 Å². The Balaban J connectivity index is 1.29. The standard InChI is InChI=1S/C22H26N4O2S/c1-2-15-4-3-5-17-16(15)10-19(24-17)21(27)26-8-6-18-20(12-26)29-22(25-18)23-11-14-7-9-28-13-14/h3-5,10,14,24H,2,6-9,11-13H2,1H3,(H,23,25). The number of H-pyrrole nitrogens is 1. The number of benzene rings is 1. The van der Waals surface area contributed by atoms with Crippen molar-refractivity contribution >= 4 is 33.3 Å². The minimum atomic E-state index is 0.0694. The van der Waals surface area contributed by atoms with Gasteiger partial charge < -0.3 is 19.9 Å². The molecule has 0 saturated carbocycles. The number of carbonyl (C=O) groups excluding carboxylic acids is 1. The van der Waals surface area contributed by atoms with E-state index in [-0.39, 0.29) is 5.91 Å². The Labute approximate surface area is 174 Å². The van der Waals surface area contributed by atoms with Crippen LogP contribution in [0.2, 0.25) is 0 Å². The zero-order chi connectivity index (χ0) is 19.8. The summed E-state index contributed by atoms with van der Waals surface area (Å²) in [5.74, 6) is 0.643. The lowest BCUT2D eigenvalue weighted by atomic mass is 10.1. The molecule has 3 aromatic rings. The predicted molar refractivity (Wildman–Crippen MR) is 116 cm³/mol. The Kier molecular flexibility index (Phi) is 5.01. The zero-order valence-corrected chi connectivity index (χ0v) is 17.5. The Bertz CT molecular complexity index is 1030. The van der Waals surface area contributed by atoms with E-state index in [9.17, 15) is 4.79 Å². The van der Waals surface area contributed by atoms with E-state index in [0.29, 0.717) is 24.7 Å². The van der Waals surface area contributed by atoms with E-state index in [1.807, 2.05) is 23.1 Å². The maximum atomic E-state index is 13.1. The third-order valence-corrected chi connectivity index (χ3v) is 6.99. The molecule has 29 heavy (non-hydrogen) atoms. The van der Waals surface area contributed by atoms with Crippen molar-refractivity contribution in [3.8, 4) is 0 Å². The highest BCUT2D eigenvalue weighted by Crippen LogP contribution is 2.30. The van der Waals surface area contributed by atoms with Gasteiger partial charge in [0.25, 0.3) is 5.91 Å². The summed E-state index contributed by atoms with van der Waals surface area (Å²) in [6, 6.07) is 8.22. The lowest BCUT2D eigenvalue weighted by Gasteiger charge is -2.25. The minimum Gasteiger partial charge on any atom is -0.381 e. The van der Waals surface area contributed by atoms with Crippen molar-refractivity contribution in [1.29, 1.82) is 0 Å². The van der Waals surface area contributed by atoms with Crippen LogP contribution in [0.25, 0.3) is 10.9 Å². The molecule has 5 rings (SSSR count). The van der Waals surface area contributed by atoms with Crippen molar-refractivity contribution in [2.75, 3.05) is 31.6 Å². The molecule has 6 nitrogen and oxygen atoms in total. The number of aromatic nitrogens is 2. The molecule has 1 saturated heterocycles. The van der Waals surface area contributed by atoms with E-state index in [2.05, 4.69) is 23.3 Å². The van der Waals surface area contributed by atoms with Crippen molar-refractivity contribution in [2.24, 2.45) is 5.92 Å². The average molecular weight is 411 g/mol. The van der Waals surface area contributed by atoms with Crippen LogP contribution in [0.5, 0.6) is 0 Å². The first-order chi connectivity index (χ1) is 14.2. The summed E-state index contributed by atoms with van der Waals surface area (Å²) in [4.78, 5) is 24.3. The van der Waals surface area contributed by atoms with Gasteiger partial charge in [0.2, 0.25) is 0 Å². The van der Waals surface area contributed by atoms with Crippen LogP contribution in [0.1, 0.15) is 40.0 Å². The number of aromatic amines is 1. The number of aryl methyl sites for hydroxylation is 1. The molecule has 2 N–H and O–H groups in total. The second kappa shape index (κ2) is 7.80. The summed E-state index contributed by atoms with van der Waals surface area (Å²) in [5.41, 5.74) is 4.11. The fourth-order valence-electron chi connectivity index (χ4n) is 4.23. The van der Waals surface area contributed by atoms with E-state index in [1.54, 1.807) is 11.3 Å². The summed E-state index contributed by atoms with van der Waals surface area (Å²) in [5, 5.41) is 5.58. The van der Waals surface area contributed by atoms with Crippen LogP contribution in [-0.4, -0.2) is 47.1 Å². The molecule has 1 amide bonds. The number of fused-ring (bicyclic) bond motifs is 2. The summed E-state index contributed by atoms with van der Waals surface area (Å²) in [7, 11) is 0. The topological polar surface area (TPSA) is 70.2 Å². The summed E-state index contributed by atoms with van der Waals surface area (Å²) >= 11 is 1.68. The lowest BCUT2D eigenvalue weighted by Crippen LogP contribution is -2.35. The van der Waals surface area contributed by atoms with Crippen molar-refractivity contribution in [1.82, 2.24) is 14.9 Å². The maximum Gasteiger partial charge on any atom is 0.270 e. The van der Waals surface area contributed by atoms with Crippen molar-refractivity contribution in [3.05, 3.63) is 46.1 Å². The minimum absolute atomic E-state index is 0.0694. The number of ether oxygens (including phenoxy) is 1. The number of amides is 1. The van der Waals surface area contributed by atoms with Crippen LogP contribution >= 0.6 is 11.3 Å². The van der Waals surface area contributed by atoms with Gasteiger partial charge in [-0.05, 0) is 30.5 Å². The quantitative estimate of drug-likeness (QED) is 0.671. The molecule has 1 atom stereocenters. The molecular weight excluding hydrogens is 384 g/mol. The van der Waals surface area contributed by atoms with Crippen molar-refractivity contribution < 1.29 is 9.53 Å². The van der Waals surface area contributed by atoms with Gasteiger partial charge in [0.15, 0.2) is 5.13 Å². The number of anilines is 1. The molecule has 1 fully saturated rings. The second-order valence-electron chi connectivity index (χ2n) is 7.89. The Morgan fingerprint density at radius 3 is 3.21 bits per heavy atom. The highest BCUT2D eigenvalue weighted by Gasteiger charge is 2.26. The first-order valence-corrected chi connectivity index (χ1v) is 11.2. The maximum absolute atomic E-state index is 13.1. The molecule has 2 aromatic heterocycles. The van der Waals surface area contributed by atoms with Gasteiger partial charge in [-0.25, -0.2) is 4.98 Å². The van der Waals surface area contributed by atoms with E-state index in [4.69, 9.17) is 9.72 Å². The first-order valence-electron chi connectivity index (χ1n) is 10.4. The number of nitrogens with one attached hydrogen (secondary N) is 2. The molecule has 0 spiro atoms. The van der Waals surface area contributed by atoms with E-state index >= 15 is 0 Å². The van der Waals surface area contributed by atoms with Gasteiger partial charge in [0, 0.05) is 47.8 Å². The molecule has 1 aromatic carbocycles. The molecule has 7 heteroatoms. The smallest absolute Gasteiger partial charge is 0.270 e. The third kappa shape index (κ3) is 3.65. The normalized spacial score (nSPS) is 18.9. The van der Waals surface area contributed by atoms with Gasteiger partial charge in [-0.1, -0.05) is 30.4 Å². The lowest BCUT2D eigenvalue weighted by molar-refractivity contribution is 0.0731. The molecule has 0 bridgehead atoms. The summed E-state index contributed by atoms with van der Waals surface area (Å²) < 4.78 is 5.44. The van der Waals surface area contributed by atoms with E-state index < -0.39 is 0 Å². The van der Waals surface area contributed by atoms with Gasteiger partial charge in [-0.15, -0.1) is 0 Å². The molecule has 2 aliphatic heterocycles. The molecule has 1 unspecified atom stereocenters. The number of hydrogen-bond donors (Lipinski definition) is 2. The van der Waals surface area contributed by atoms with E-state index in [1.165, 1.54) is 10.4 Å². The number of thiazole rings is 1. The van der Waals surface area contributed by atoms with Crippen LogP contribution in [0.3, 0.4) is 0 Å². The summed E-state index contributed by atoms with van der Waals surface area (Å²) in [6.45, 7) is 6.10. The first kappa shape index (κ1) is 18.6. The highest BCUT2D eigenvalue weighted by atomic mass is 32.1. The van der Waals surface area contributed by atoms with Gasteiger partial charge >= 0.3 is 0 Å². The molecule has 4 heterocycles. The summed E-state index contributed by atoms with van der Waals surface area (Å²) in [6.07, 6.45) is 2.89. The van der Waals surface area contributed by atoms with E-state index in [0.717, 1.165) is 60.7 Å².